The minimum atomic E-state index is -2.85. The maximum absolute atomic E-state index is 12.7. The lowest BCUT2D eigenvalue weighted by molar-refractivity contribution is -0.121. The van der Waals surface area contributed by atoms with Crippen LogP contribution in [0.15, 0.2) is 42.7 Å². The van der Waals surface area contributed by atoms with E-state index in [2.05, 4.69) is 15.0 Å². The Labute approximate surface area is 138 Å². The van der Waals surface area contributed by atoms with Crippen molar-refractivity contribution in [2.24, 2.45) is 0 Å². The van der Waals surface area contributed by atoms with E-state index in [4.69, 9.17) is 0 Å². The van der Waals surface area contributed by atoms with Crippen LogP contribution >= 0.6 is 0 Å². The molecule has 1 aliphatic heterocycles. The summed E-state index contributed by atoms with van der Waals surface area (Å²) >= 11 is 0. The number of aromatic amines is 1. The lowest BCUT2D eigenvalue weighted by atomic mass is 10.0. The summed E-state index contributed by atoms with van der Waals surface area (Å²) in [4.78, 5) is 17.3. The van der Waals surface area contributed by atoms with Crippen LogP contribution in [0, 0.1) is 0 Å². The van der Waals surface area contributed by atoms with E-state index in [-0.39, 0.29) is 17.7 Å². The lowest BCUT2D eigenvalue weighted by Crippen LogP contribution is -2.50. The predicted molar refractivity (Wildman–Crippen MR) is 86.1 cm³/mol. The summed E-state index contributed by atoms with van der Waals surface area (Å²) in [5.74, 6) is 0.0830. The SMILES string of the molecule is O=C1C(NCc2cc[nH]c2)CCCN1c1ccc(OC(F)F)cc1. The van der Waals surface area contributed by atoms with E-state index in [1.54, 1.807) is 17.0 Å². The van der Waals surface area contributed by atoms with Gasteiger partial charge in [-0.05, 0) is 48.7 Å². The van der Waals surface area contributed by atoms with Crippen LogP contribution in [0.1, 0.15) is 18.4 Å². The van der Waals surface area contributed by atoms with Crippen molar-refractivity contribution in [1.82, 2.24) is 10.3 Å². The summed E-state index contributed by atoms with van der Waals surface area (Å²) < 4.78 is 28.7. The first-order chi connectivity index (χ1) is 11.6. The number of rotatable bonds is 6. The third kappa shape index (κ3) is 3.91. The first-order valence-corrected chi connectivity index (χ1v) is 7.85. The van der Waals surface area contributed by atoms with Gasteiger partial charge in [-0.15, -0.1) is 0 Å². The Bertz CT molecular complexity index is 659. The number of hydrogen-bond acceptors (Lipinski definition) is 3. The number of halogens is 2. The molecule has 7 heteroatoms. The normalized spacial score (nSPS) is 18.2. The number of carbonyl (C=O) groups excluding carboxylic acids is 1. The molecule has 1 amide bonds. The highest BCUT2D eigenvalue weighted by atomic mass is 19.3. The fourth-order valence-electron chi connectivity index (χ4n) is 2.84. The molecule has 1 saturated heterocycles. The number of carbonyl (C=O) groups is 1. The highest BCUT2D eigenvalue weighted by Gasteiger charge is 2.29. The summed E-state index contributed by atoms with van der Waals surface area (Å²) in [6, 6.07) is 7.87. The van der Waals surface area contributed by atoms with Gasteiger partial charge in [-0.25, -0.2) is 0 Å². The molecule has 5 nitrogen and oxygen atoms in total. The van der Waals surface area contributed by atoms with Gasteiger partial charge in [0.2, 0.25) is 5.91 Å². The highest BCUT2D eigenvalue weighted by Crippen LogP contribution is 2.24. The van der Waals surface area contributed by atoms with Gasteiger partial charge < -0.3 is 19.9 Å². The van der Waals surface area contributed by atoms with Crippen LogP contribution in [0.4, 0.5) is 14.5 Å². The molecule has 1 unspecified atom stereocenters. The molecule has 1 aliphatic rings. The Kier molecular flexibility index (Phi) is 5.10. The fourth-order valence-corrected chi connectivity index (χ4v) is 2.84. The van der Waals surface area contributed by atoms with Gasteiger partial charge in [0.25, 0.3) is 0 Å². The standard InChI is InChI=1S/C17H19F2N3O2/c18-17(19)24-14-5-3-13(4-6-14)22-9-1-2-15(16(22)23)21-11-12-7-8-20-10-12/h3-8,10,15,17,20-21H,1-2,9,11H2. The first-order valence-electron chi connectivity index (χ1n) is 7.85. The predicted octanol–water partition coefficient (Wildman–Crippen LogP) is 2.90. The quantitative estimate of drug-likeness (QED) is 0.853. The van der Waals surface area contributed by atoms with E-state index >= 15 is 0 Å². The zero-order valence-electron chi connectivity index (χ0n) is 13.0. The van der Waals surface area contributed by atoms with Crippen molar-refractivity contribution in [2.45, 2.75) is 32.0 Å². The number of anilines is 1. The zero-order valence-corrected chi connectivity index (χ0v) is 13.0. The maximum atomic E-state index is 12.7. The molecule has 1 atom stereocenters. The third-order valence-electron chi connectivity index (χ3n) is 4.03. The van der Waals surface area contributed by atoms with E-state index in [9.17, 15) is 13.6 Å². The molecule has 2 heterocycles. The summed E-state index contributed by atoms with van der Waals surface area (Å²) in [6.45, 7) is -1.61. The largest absolute Gasteiger partial charge is 0.435 e. The number of nitrogens with zero attached hydrogens (tertiary/aromatic N) is 1. The smallest absolute Gasteiger partial charge is 0.387 e. The number of nitrogens with one attached hydrogen (secondary N) is 2. The highest BCUT2D eigenvalue weighted by molar-refractivity contribution is 5.97. The van der Waals surface area contributed by atoms with Gasteiger partial charge in [-0.2, -0.15) is 8.78 Å². The maximum Gasteiger partial charge on any atom is 0.387 e. The number of alkyl halides is 2. The van der Waals surface area contributed by atoms with E-state index in [0.717, 1.165) is 18.4 Å². The van der Waals surface area contributed by atoms with Gasteiger partial charge in [0.15, 0.2) is 0 Å². The van der Waals surface area contributed by atoms with Gasteiger partial charge in [0, 0.05) is 31.2 Å². The summed E-state index contributed by atoms with van der Waals surface area (Å²) in [7, 11) is 0. The average Bonchev–Trinajstić information content (AvgIpc) is 3.08. The summed E-state index contributed by atoms with van der Waals surface area (Å²) in [6.07, 6.45) is 5.40. The minimum Gasteiger partial charge on any atom is -0.435 e. The molecule has 24 heavy (non-hydrogen) atoms. The van der Waals surface area contributed by atoms with Crippen molar-refractivity contribution >= 4 is 11.6 Å². The second kappa shape index (κ2) is 7.44. The van der Waals surface area contributed by atoms with Gasteiger partial charge in [0.1, 0.15) is 5.75 Å². The van der Waals surface area contributed by atoms with Gasteiger partial charge in [-0.3, -0.25) is 4.79 Å². The van der Waals surface area contributed by atoms with Crippen molar-refractivity contribution in [3.63, 3.8) is 0 Å². The van der Waals surface area contributed by atoms with Crippen molar-refractivity contribution in [3.05, 3.63) is 48.3 Å². The van der Waals surface area contributed by atoms with Crippen LogP contribution < -0.4 is 15.0 Å². The number of aromatic nitrogens is 1. The van der Waals surface area contributed by atoms with Crippen molar-refractivity contribution in [3.8, 4) is 5.75 Å². The Hall–Kier alpha value is -2.41. The number of benzene rings is 1. The topological polar surface area (TPSA) is 57.4 Å². The van der Waals surface area contributed by atoms with Crippen molar-refractivity contribution < 1.29 is 18.3 Å². The van der Waals surface area contributed by atoms with Crippen LogP contribution in [0.5, 0.6) is 5.75 Å². The number of H-pyrrole nitrogens is 1. The number of piperidine rings is 1. The van der Waals surface area contributed by atoms with Gasteiger partial charge >= 0.3 is 6.61 Å². The van der Waals surface area contributed by atoms with E-state index < -0.39 is 6.61 Å². The molecule has 1 fully saturated rings. The number of amides is 1. The van der Waals surface area contributed by atoms with Gasteiger partial charge in [-0.1, -0.05) is 0 Å². The molecule has 1 aromatic heterocycles. The molecule has 128 valence electrons. The zero-order chi connectivity index (χ0) is 16.9. The van der Waals surface area contributed by atoms with Crippen LogP contribution in [-0.4, -0.2) is 30.1 Å². The Morgan fingerprint density at radius 3 is 2.75 bits per heavy atom. The molecular formula is C17H19F2N3O2. The Morgan fingerprint density at radius 2 is 2.08 bits per heavy atom. The van der Waals surface area contributed by atoms with Crippen molar-refractivity contribution in [1.29, 1.82) is 0 Å². The number of hydrogen-bond donors (Lipinski definition) is 2. The average molecular weight is 335 g/mol. The van der Waals surface area contributed by atoms with Crippen molar-refractivity contribution in [2.75, 3.05) is 11.4 Å². The van der Waals surface area contributed by atoms with E-state index in [1.807, 2.05) is 18.5 Å². The molecule has 0 bridgehead atoms. The molecule has 2 N–H and O–H groups in total. The second-order valence-corrected chi connectivity index (χ2v) is 5.66. The molecule has 2 aromatic rings. The molecule has 0 saturated carbocycles. The van der Waals surface area contributed by atoms with Gasteiger partial charge in [0.05, 0.1) is 6.04 Å². The lowest BCUT2D eigenvalue weighted by Gasteiger charge is -2.32. The fraction of sp³-hybridized carbons (Fsp3) is 0.353. The molecule has 3 rings (SSSR count). The monoisotopic (exact) mass is 335 g/mol. The molecule has 1 aromatic carbocycles. The van der Waals surface area contributed by atoms with Crippen LogP contribution in [0.2, 0.25) is 0 Å². The van der Waals surface area contributed by atoms with Crippen LogP contribution in [0.3, 0.4) is 0 Å². The minimum absolute atomic E-state index is 0.000635. The molecular weight excluding hydrogens is 316 g/mol. The Morgan fingerprint density at radius 1 is 1.29 bits per heavy atom. The molecule has 0 aliphatic carbocycles. The Balaban J connectivity index is 1.63. The summed E-state index contributed by atoms with van der Waals surface area (Å²) in [5, 5.41) is 3.28. The third-order valence-corrected chi connectivity index (χ3v) is 4.03. The molecule has 0 spiro atoms. The number of ether oxygens (including phenoxy) is 1. The summed E-state index contributed by atoms with van der Waals surface area (Å²) in [5.41, 5.74) is 1.78. The van der Waals surface area contributed by atoms with Crippen LogP contribution in [-0.2, 0) is 11.3 Å². The second-order valence-electron chi connectivity index (χ2n) is 5.66. The van der Waals surface area contributed by atoms with Crippen LogP contribution in [0.25, 0.3) is 0 Å². The van der Waals surface area contributed by atoms with E-state index in [0.29, 0.717) is 18.8 Å². The molecule has 0 radical (unpaired) electrons. The van der Waals surface area contributed by atoms with E-state index in [1.165, 1.54) is 12.1 Å². The first kappa shape index (κ1) is 16.4.